The first-order valence-corrected chi connectivity index (χ1v) is 5.71. The molecule has 0 saturated carbocycles. The minimum Gasteiger partial charge on any atom is -0.370 e. The molecule has 86 valence electrons. The lowest BCUT2D eigenvalue weighted by Crippen LogP contribution is -2.40. The SMILES string of the molecule is CC1CN=C(N)N1CCc1ccc(Cl)nc1. The van der Waals surface area contributed by atoms with Crippen molar-refractivity contribution in [1.29, 1.82) is 0 Å². The molecular formula is C11H15ClN4. The second kappa shape index (κ2) is 4.70. The van der Waals surface area contributed by atoms with Gasteiger partial charge in [-0.25, -0.2) is 4.98 Å². The van der Waals surface area contributed by atoms with Crippen molar-refractivity contribution in [3.63, 3.8) is 0 Å². The van der Waals surface area contributed by atoms with E-state index in [-0.39, 0.29) is 0 Å². The molecule has 0 spiro atoms. The van der Waals surface area contributed by atoms with E-state index in [1.165, 1.54) is 0 Å². The first kappa shape index (κ1) is 11.2. The van der Waals surface area contributed by atoms with Gasteiger partial charge >= 0.3 is 0 Å². The van der Waals surface area contributed by atoms with Crippen LogP contribution in [0.25, 0.3) is 0 Å². The summed E-state index contributed by atoms with van der Waals surface area (Å²) in [5.41, 5.74) is 6.96. The van der Waals surface area contributed by atoms with E-state index in [4.69, 9.17) is 17.3 Å². The van der Waals surface area contributed by atoms with E-state index in [0.717, 1.165) is 25.1 Å². The molecule has 4 nitrogen and oxygen atoms in total. The third-order valence-electron chi connectivity index (χ3n) is 2.77. The Morgan fingerprint density at radius 2 is 2.38 bits per heavy atom. The quantitative estimate of drug-likeness (QED) is 0.808. The molecule has 1 aliphatic heterocycles. The van der Waals surface area contributed by atoms with Crippen LogP contribution in [0.15, 0.2) is 23.3 Å². The lowest BCUT2D eigenvalue weighted by Gasteiger charge is -2.23. The number of halogens is 1. The second-order valence-corrected chi connectivity index (χ2v) is 4.37. The van der Waals surface area contributed by atoms with E-state index in [2.05, 4.69) is 21.8 Å². The number of nitrogens with two attached hydrogens (primary N) is 1. The number of guanidine groups is 1. The van der Waals surface area contributed by atoms with E-state index in [1.54, 1.807) is 6.20 Å². The van der Waals surface area contributed by atoms with Crippen LogP contribution in [0.5, 0.6) is 0 Å². The topological polar surface area (TPSA) is 54.5 Å². The number of hydrogen-bond donors (Lipinski definition) is 1. The van der Waals surface area contributed by atoms with Crippen molar-refractivity contribution in [2.75, 3.05) is 13.1 Å². The van der Waals surface area contributed by atoms with Crippen molar-refractivity contribution in [2.24, 2.45) is 10.7 Å². The molecule has 2 rings (SSSR count). The lowest BCUT2D eigenvalue weighted by molar-refractivity contribution is 0.364. The molecular weight excluding hydrogens is 224 g/mol. The number of pyridine rings is 1. The van der Waals surface area contributed by atoms with Gasteiger partial charge in [0.25, 0.3) is 0 Å². The highest BCUT2D eigenvalue weighted by atomic mass is 35.5. The standard InChI is InChI=1S/C11H15ClN4/c1-8-6-15-11(13)16(8)5-4-9-2-3-10(12)14-7-9/h2-3,7-8H,4-6H2,1H3,(H2,13,15). The monoisotopic (exact) mass is 238 g/mol. The van der Waals surface area contributed by atoms with Crippen molar-refractivity contribution in [2.45, 2.75) is 19.4 Å². The van der Waals surface area contributed by atoms with Crippen LogP contribution < -0.4 is 5.73 Å². The van der Waals surface area contributed by atoms with Gasteiger partial charge in [-0.05, 0) is 25.0 Å². The van der Waals surface area contributed by atoms with Crippen molar-refractivity contribution in [3.05, 3.63) is 29.0 Å². The fourth-order valence-electron chi connectivity index (χ4n) is 1.78. The highest BCUT2D eigenvalue weighted by Gasteiger charge is 2.20. The molecule has 1 unspecified atom stereocenters. The van der Waals surface area contributed by atoms with E-state index < -0.39 is 0 Å². The molecule has 0 fully saturated rings. The van der Waals surface area contributed by atoms with Crippen LogP contribution >= 0.6 is 11.6 Å². The molecule has 0 radical (unpaired) electrons. The fraction of sp³-hybridized carbons (Fsp3) is 0.455. The summed E-state index contributed by atoms with van der Waals surface area (Å²) < 4.78 is 0. The number of rotatable bonds is 3. The number of aromatic nitrogens is 1. The minimum atomic E-state index is 0.403. The van der Waals surface area contributed by atoms with Gasteiger partial charge in [0, 0.05) is 18.8 Å². The zero-order valence-electron chi connectivity index (χ0n) is 9.23. The van der Waals surface area contributed by atoms with Crippen molar-refractivity contribution in [3.8, 4) is 0 Å². The Morgan fingerprint density at radius 3 is 2.94 bits per heavy atom. The molecule has 0 amide bonds. The lowest BCUT2D eigenvalue weighted by atomic mass is 10.2. The highest BCUT2D eigenvalue weighted by Crippen LogP contribution is 2.10. The molecule has 16 heavy (non-hydrogen) atoms. The van der Waals surface area contributed by atoms with Gasteiger partial charge in [-0.1, -0.05) is 17.7 Å². The Kier molecular flexibility index (Phi) is 3.29. The van der Waals surface area contributed by atoms with Crippen LogP contribution in [0.3, 0.4) is 0 Å². The molecule has 0 saturated heterocycles. The summed E-state index contributed by atoms with van der Waals surface area (Å²) in [7, 11) is 0. The van der Waals surface area contributed by atoms with Gasteiger partial charge in [0.05, 0.1) is 6.54 Å². The molecule has 1 aromatic heterocycles. The summed E-state index contributed by atoms with van der Waals surface area (Å²) in [6.07, 6.45) is 2.71. The van der Waals surface area contributed by atoms with Gasteiger partial charge in [0.1, 0.15) is 5.15 Å². The predicted octanol–water partition coefficient (Wildman–Crippen LogP) is 1.30. The Bertz CT molecular complexity index is 387. The van der Waals surface area contributed by atoms with E-state index >= 15 is 0 Å². The molecule has 1 aliphatic rings. The number of aliphatic imine (C=N–C) groups is 1. The van der Waals surface area contributed by atoms with Gasteiger partial charge in [0.15, 0.2) is 5.96 Å². The Labute approximate surface area is 100 Å². The zero-order chi connectivity index (χ0) is 11.5. The summed E-state index contributed by atoms with van der Waals surface area (Å²) in [4.78, 5) is 10.4. The minimum absolute atomic E-state index is 0.403. The molecule has 0 aliphatic carbocycles. The van der Waals surface area contributed by atoms with E-state index in [1.807, 2.05) is 12.1 Å². The van der Waals surface area contributed by atoms with E-state index in [0.29, 0.717) is 17.2 Å². The maximum absolute atomic E-state index is 5.80. The average Bonchev–Trinajstić information content (AvgIpc) is 2.59. The molecule has 2 heterocycles. The zero-order valence-corrected chi connectivity index (χ0v) is 9.98. The Balaban J connectivity index is 1.92. The number of nitrogens with zero attached hydrogens (tertiary/aromatic N) is 3. The maximum Gasteiger partial charge on any atom is 0.191 e. The highest BCUT2D eigenvalue weighted by molar-refractivity contribution is 6.29. The van der Waals surface area contributed by atoms with Gasteiger partial charge in [-0.3, -0.25) is 4.99 Å². The largest absolute Gasteiger partial charge is 0.370 e. The van der Waals surface area contributed by atoms with Crippen LogP contribution in [-0.4, -0.2) is 35.0 Å². The van der Waals surface area contributed by atoms with Gasteiger partial charge in [-0.15, -0.1) is 0 Å². The predicted molar refractivity (Wildman–Crippen MR) is 65.6 cm³/mol. The van der Waals surface area contributed by atoms with Gasteiger partial charge in [-0.2, -0.15) is 0 Å². The molecule has 0 bridgehead atoms. The van der Waals surface area contributed by atoms with Crippen LogP contribution in [0, 0.1) is 0 Å². The van der Waals surface area contributed by atoms with Crippen molar-refractivity contribution < 1.29 is 0 Å². The summed E-state index contributed by atoms with van der Waals surface area (Å²) >= 11 is 5.72. The summed E-state index contributed by atoms with van der Waals surface area (Å²) in [6, 6.07) is 4.20. The first-order chi connectivity index (χ1) is 7.66. The van der Waals surface area contributed by atoms with Gasteiger partial charge < -0.3 is 10.6 Å². The van der Waals surface area contributed by atoms with Gasteiger partial charge in [0.2, 0.25) is 0 Å². The summed E-state index contributed by atoms with van der Waals surface area (Å²) in [5, 5.41) is 0.527. The summed E-state index contributed by atoms with van der Waals surface area (Å²) in [5.74, 6) is 0.648. The molecule has 5 heteroatoms. The molecule has 1 aromatic rings. The van der Waals surface area contributed by atoms with Crippen LogP contribution in [-0.2, 0) is 6.42 Å². The van der Waals surface area contributed by atoms with Crippen molar-refractivity contribution >= 4 is 17.6 Å². The van der Waals surface area contributed by atoms with Crippen LogP contribution in [0.4, 0.5) is 0 Å². The molecule has 2 N–H and O–H groups in total. The molecule has 0 aromatic carbocycles. The maximum atomic E-state index is 5.80. The smallest absolute Gasteiger partial charge is 0.191 e. The van der Waals surface area contributed by atoms with Crippen LogP contribution in [0.1, 0.15) is 12.5 Å². The fourth-order valence-corrected chi connectivity index (χ4v) is 1.89. The Morgan fingerprint density at radius 1 is 1.56 bits per heavy atom. The average molecular weight is 239 g/mol. The second-order valence-electron chi connectivity index (χ2n) is 3.98. The third-order valence-corrected chi connectivity index (χ3v) is 3.00. The normalized spacial score (nSPS) is 20.0. The van der Waals surface area contributed by atoms with E-state index in [9.17, 15) is 0 Å². The molecule has 1 atom stereocenters. The number of hydrogen-bond acceptors (Lipinski definition) is 4. The summed E-state index contributed by atoms with van der Waals surface area (Å²) in [6.45, 7) is 3.80. The van der Waals surface area contributed by atoms with Crippen LogP contribution in [0.2, 0.25) is 5.15 Å². The third kappa shape index (κ3) is 2.44. The van der Waals surface area contributed by atoms with Crippen molar-refractivity contribution in [1.82, 2.24) is 9.88 Å². The first-order valence-electron chi connectivity index (χ1n) is 5.34. The Hall–Kier alpha value is -1.29.